The molecule has 1 rings (SSSR count). The van der Waals surface area contributed by atoms with Crippen LogP contribution in [-0.2, 0) is 4.79 Å². The lowest BCUT2D eigenvalue weighted by atomic mass is 10.4. The molecule has 0 atom stereocenters. The van der Waals surface area contributed by atoms with E-state index in [1.54, 1.807) is 6.08 Å². The molecule has 0 fully saturated rings. The molecule has 4 heteroatoms. The average Bonchev–Trinajstić information content (AvgIpc) is 2.31. The number of carboxylic acid groups (broad SMARTS) is 1. The van der Waals surface area contributed by atoms with Crippen LogP contribution >= 0.6 is 27.3 Å². The molecule has 1 N–H and O–H groups in total. The van der Waals surface area contributed by atoms with Crippen LogP contribution in [0.2, 0.25) is 0 Å². The minimum atomic E-state index is -0.922. The number of hydrogen-bond acceptors (Lipinski definition) is 2. The highest BCUT2D eigenvalue weighted by Gasteiger charge is 1.92. The van der Waals surface area contributed by atoms with E-state index < -0.39 is 5.97 Å². The van der Waals surface area contributed by atoms with E-state index in [-0.39, 0.29) is 0 Å². The molecule has 2 nitrogen and oxygen atoms in total. The van der Waals surface area contributed by atoms with Gasteiger partial charge in [0.15, 0.2) is 0 Å². The smallest absolute Gasteiger partial charge is 0.328 e. The Bertz CT molecular complexity index is 290. The summed E-state index contributed by atoms with van der Waals surface area (Å²) in [6.07, 6.45) is 2.69. The molecule has 0 spiro atoms. The fourth-order valence-electron chi connectivity index (χ4n) is 0.571. The Balaban J connectivity index is 2.71. The van der Waals surface area contributed by atoms with Gasteiger partial charge in [-0.2, -0.15) is 0 Å². The number of thiophene rings is 1. The molecule has 0 aliphatic heterocycles. The normalized spacial score (nSPS) is 10.6. The first-order chi connectivity index (χ1) is 5.18. The van der Waals surface area contributed by atoms with Gasteiger partial charge in [0, 0.05) is 11.0 Å². The highest BCUT2D eigenvalue weighted by Crippen LogP contribution is 2.22. The average molecular weight is 233 g/mol. The van der Waals surface area contributed by atoms with E-state index in [9.17, 15) is 4.79 Å². The second-order valence-corrected chi connectivity index (χ2v) is 4.31. The summed E-state index contributed by atoms with van der Waals surface area (Å²) in [5, 5.41) is 8.29. The predicted molar refractivity (Wildman–Crippen MR) is 48.7 cm³/mol. The zero-order valence-corrected chi connectivity index (χ0v) is 7.85. The molecular formula is C7H5BrO2S. The molecule has 58 valence electrons. The van der Waals surface area contributed by atoms with E-state index in [4.69, 9.17) is 5.11 Å². The van der Waals surface area contributed by atoms with Crippen LogP contribution in [0, 0.1) is 0 Å². The SMILES string of the molecule is O=C(O)/C=C\c1ccc(Br)s1. The second-order valence-electron chi connectivity index (χ2n) is 1.81. The molecule has 0 amide bonds. The van der Waals surface area contributed by atoms with Crippen molar-refractivity contribution in [3.05, 3.63) is 26.9 Å². The predicted octanol–water partition coefficient (Wildman–Crippen LogP) is 2.61. The van der Waals surface area contributed by atoms with Crippen molar-refractivity contribution >= 4 is 39.3 Å². The van der Waals surface area contributed by atoms with Crippen LogP contribution < -0.4 is 0 Å². The molecule has 0 aromatic carbocycles. The Hall–Kier alpha value is -0.610. The third kappa shape index (κ3) is 2.86. The molecular weight excluding hydrogens is 228 g/mol. The van der Waals surface area contributed by atoms with Gasteiger partial charge in [-0.05, 0) is 34.1 Å². The molecule has 0 unspecified atom stereocenters. The van der Waals surface area contributed by atoms with E-state index in [0.717, 1.165) is 14.7 Å². The van der Waals surface area contributed by atoms with Crippen molar-refractivity contribution in [2.24, 2.45) is 0 Å². The molecule has 0 saturated heterocycles. The molecule has 11 heavy (non-hydrogen) atoms. The zero-order chi connectivity index (χ0) is 8.27. The fraction of sp³-hybridized carbons (Fsp3) is 0. The van der Waals surface area contributed by atoms with E-state index >= 15 is 0 Å². The zero-order valence-electron chi connectivity index (χ0n) is 5.45. The summed E-state index contributed by atoms with van der Waals surface area (Å²) >= 11 is 4.77. The quantitative estimate of drug-likeness (QED) is 0.797. The third-order valence-corrected chi connectivity index (χ3v) is 2.57. The van der Waals surface area contributed by atoms with Crippen LogP contribution in [0.1, 0.15) is 4.88 Å². The molecule has 1 aromatic rings. The maximum Gasteiger partial charge on any atom is 0.328 e. The third-order valence-electron chi connectivity index (χ3n) is 0.984. The van der Waals surface area contributed by atoms with Gasteiger partial charge < -0.3 is 5.11 Å². The van der Waals surface area contributed by atoms with Gasteiger partial charge in [0.25, 0.3) is 0 Å². The maximum absolute atomic E-state index is 10.1. The molecule has 0 aliphatic carbocycles. The number of rotatable bonds is 2. The minimum absolute atomic E-state index is 0.922. The summed E-state index contributed by atoms with van der Waals surface area (Å²) in [4.78, 5) is 11.0. The van der Waals surface area contributed by atoms with Crippen LogP contribution in [-0.4, -0.2) is 11.1 Å². The van der Waals surface area contributed by atoms with Crippen molar-refractivity contribution in [2.75, 3.05) is 0 Å². The summed E-state index contributed by atoms with van der Waals surface area (Å²) in [7, 11) is 0. The van der Waals surface area contributed by atoms with Crippen molar-refractivity contribution in [2.45, 2.75) is 0 Å². The van der Waals surface area contributed by atoms with E-state index in [1.165, 1.54) is 11.3 Å². The Kier molecular flexibility index (Phi) is 2.84. The Morgan fingerprint density at radius 1 is 1.64 bits per heavy atom. The van der Waals surface area contributed by atoms with Gasteiger partial charge in [-0.3, -0.25) is 0 Å². The van der Waals surface area contributed by atoms with E-state index in [2.05, 4.69) is 15.9 Å². The van der Waals surface area contributed by atoms with Crippen LogP contribution in [0.3, 0.4) is 0 Å². The van der Waals surface area contributed by atoms with Gasteiger partial charge >= 0.3 is 5.97 Å². The van der Waals surface area contributed by atoms with Crippen LogP contribution in [0.4, 0.5) is 0 Å². The Labute approximate surface area is 76.3 Å². The largest absolute Gasteiger partial charge is 0.478 e. The highest BCUT2D eigenvalue weighted by atomic mass is 79.9. The summed E-state index contributed by atoms with van der Waals surface area (Å²) in [5.74, 6) is -0.922. The Morgan fingerprint density at radius 2 is 2.36 bits per heavy atom. The molecule has 0 bridgehead atoms. The van der Waals surface area contributed by atoms with Crippen molar-refractivity contribution in [1.29, 1.82) is 0 Å². The lowest BCUT2D eigenvalue weighted by molar-refractivity contribution is -0.131. The lowest BCUT2D eigenvalue weighted by Gasteiger charge is -1.79. The van der Waals surface area contributed by atoms with Crippen molar-refractivity contribution in [3.8, 4) is 0 Å². The summed E-state index contributed by atoms with van der Waals surface area (Å²) < 4.78 is 1.00. The number of carboxylic acids is 1. The molecule has 0 radical (unpaired) electrons. The first-order valence-electron chi connectivity index (χ1n) is 2.85. The maximum atomic E-state index is 10.1. The van der Waals surface area contributed by atoms with Gasteiger partial charge in [-0.15, -0.1) is 11.3 Å². The molecule has 0 aliphatic rings. The first-order valence-corrected chi connectivity index (χ1v) is 4.46. The van der Waals surface area contributed by atoms with E-state index in [1.807, 2.05) is 12.1 Å². The molecule has 1 heterocycles. The van der Waals surface area contributed by atoms with Crippen molar-refractivity contribution in [3.63, 3.8) is 0 Å². The number of carbonyl (C=O) groups is 1. The number of aliphatic carboxylic acids is 1. The number of halogens is 1. The summed E-state index contributed by atoms with van der Waals surface area (Å²) in [5.41, 5.74) is 0. The molecule has 0 saturated carbocycles. The Morgan fingerprint density at radius 3 is 2.82 bits per heavy atom. The van der Waals surface area contributed by atoms with Gasteiger partial charge in [-0.25, -0.2) is 4.79 Å². The fourth-order valence-corrected chi connectivity index (χ4v) is 1.90. The topological polar surface area (TPSA) is 37.3 Å². The number of hydrogen-bond donors (Lipinski definition) is 1. The molecule has 1 aromatic heterocycles. The van der Waals surface area contributed by atoms with Crippen LogP contribution in [0.5, 0.6) is 0 Å². The van der Waals surface area contributed by atoms with Crippen LogP contribution in [0.25, 0.3) is 6.08 Å². The van der Waals surface area contributed by atoms with Gasteiger partial charge in [0.05, 0.1) is 3.79 Å². The minimum Gasteiger partial charge on any atom is -0.478 e. The van der Waals surface area contributed by atoms with Crippen LogP contribution in [0.15, 0.2) is 22.0 Å². The van der Waals surface area contributed by atoms with Gasteiger partial charge in [-0.1, -0.05) is 0 Å². The van der Waals surface area contributed by atoms with E-state index in [0.29, 0.717) is 0 Å². The van der Waals surface area contributed by atoms with Crippen molar-refractivity contribution < 1.29 is 9.90 Å². The second kappa shape index (κ2) is 3.69. The van der Waals surface area contributed by atoms with Gasteiger partial charge in [0.2, 0.25) is 0 Å². The standard InChI is InChI=1S/C7H5BrO2S/c8-6-3-1-5(11-6)2-4-7(9)10/h1-4H,(H,9,10)/b4-2-. The summed E-state index contributed by atoms with van der Waals surface area (Å²) in [6.45, 7) is 0. The highest BCUT2D eigenvalue weighted by molar-refractivity contribution is 9.11. The lowest BCUT2D eigenvalue weighted by Crippen LogP contribution is -1.84. The monoisotopic (exact) mass is 232 g/mol. The van der Waals surface area contributed by atoms with Gasteiger partial charge in [0.1, 0.15) is 0 Å². The summed E-state index contributed by atoms with van der Waals surface area (Å²) in [6, 6.07) is 3.74. The van der Waals surface area contributed by atoms with Crippen molar-refractivity contribution in [1.82, 2.24) is 0 Å². The first kappa shape index (κ1) is 8.49.